The molecule has 4 aromatic rings. The molecular weight excluding hydrogens is 330 g/mol. The fraction of sp³-hybridized carbons (Fsp3) is 0.211. The summed E-state index contributed by atoms with van der Waals surface area (Å²) in [6.07, 6.45) is 2.81. The number of unbranched alkanes of at least 4 members (excludes halogenated alkanes) is 1. The van der Waals surface area contributed by atoms with E-state index in [2.05, 4.69) is 22.0 Å². The number of benzene rings is 2. The third-order valence-electron chi connectivity index (χ3n) is 4.32. The van der Waals surface area contributed by atoms with Gasteiger partial charge in [-0.2, -0.15) is 4.52 Å². The van der Waals surface area contributed by atoms with E-state index in [0.29, 0.717) is 22.4 Å². The van der Waals surface area contributed by atoms with Crippen molar-refractivity contribution >= 4 is 22.2 Å². The molecule has 7 heteroatoms. The summed E-state index contributed by atoms with van der Waals surface area (Å²) in [6, 6.07) is 14.4. The Bertz CT molecular complexity index is 1110. The van der Waals surface area contributed by atoms with Crippen molar-refractivity contribution < 1.29 is 4.92 Å². The maximum atomic E-state index is 11.2. The smallest absolute Gasteiger partial charge is 0.258 e. The van der Waals surface area contributed by atoms with Crippen molar-refractivity contribution in [1.82, 2.24) is 19.6 Å². The molecule has 0 saturated heterocycles. The highest BCUT2D eigenvalue weighted by atomic mass is 16.6. The van der Waals surface area contributed by atoms with E-state index in [-0.39, 0.29) is 5.69 Å². The van der Waals surface area contributed by atoms with Crippen LogP contribution in [-0.4, -0.2) is 24.5 Å². The van der Waals surface area contributed by atoms with Crippen LogP contribution in [0.25, 0.3) is 27.9 Å². The SMILES string of the molecule is CCCCc1nc2ccc([N+](=O)[O-])cc2c2nc(-c3ccccc3)nn12. The molecule has 0 fully saturated rings. The second kappa shape index (κ2) is 6.51. The molecule has 0 amide bonds. The summed E-state index contributed by atoms with van der Waals surface area (Å²) in [4.78, 5) is 20.1. The molecule has 0 aliphatic carbocycles. The lowest BCUT2D eigenvalue weighted by atomic mass is 10.2. The van der Waals surface area contributed by atoms with E-state index >= 15 is 0 Å². The predicted molar refractivity (Wildman–Crippen MR) is 99.0 cm³/mol. The van der Waals surface area contributed by atoms with Gasteiger partial charge < -0.3 is 0 Å². The van der Waals surface area contributed by atoms with Crippen LogP contribution in [0.4, 0.5) is 5.69 Å². The number of hydrogen-bond acceptors (Lipinski definition) is 5. The molecule has 26 heavy (non-hydrogen) atoms. The van der Waals surface area contributed by atoms with Crippen LogP contribution in [0.3, 0.4) is 0 Å². The molecule has 0 saturated carbocycles. The first-order valence-electron chi connectivity index (χ1n) is 8.56. The lowest BCUT2D eigenvalue weighted by Gasteiger charge is -2.05. The first kappa shape index (κ1) is 16.1. The Morgan fingerprint density at radius 1 is 1.12 bits per heavy atom. The van der Waals surface area contributed by atoms with Gasteiger partial charge in [-0.3, -0.25) is 10.1 Å². The van der Waals surface area contributed by atoms with E-state index < -0.39 is 4.92 Å². The van der Waals surface area contributed by atoms with Gasteiger partial charge >= 0.3 is 0 Å². The summed E-state index contributed by atoms with van der Waals surface area (Å²) in [5.41, 5.74) is 2.22. The van der Waals surface area contributed by atoms with E-state index in [1.807, 2.05) is 30.3 Å². The number of rotatable bonds is 5. The van der Waals surface area contributed by atoms with Crippen LogP contribution in [0.1, 0.15) is 25.6 Å². The molecule has 4 rings (SSSR count). The topological polar surface area (TPSA) is 86.2 Å². The summed E-state index contributed by atoms with van der Waals surface area (Å²) >= 11 is 0. The highest BCUT2D eigenvalue weighted by molar-refractivity contribution is 5.93. The first-order valence-corrected chi connectivity index (χ1v) is 8.56. The zero-order valence-electron chi connectivity index (χ0n) is 14.3. The number of nitro benzene ring substituents is 1. The van der Waals surface area contributed by atoms with Gasteiger partial charge in [-0.1, -0.05) is 43.7 Å². The van der Waals surface area contributed by atoms with Crippen LogP contribution >= 0.6 is 0 Å². The number of aryl methyl sites for hydroxylation is 1. The van der Waals surface area contributed by atoms with Gasteiger partial charge in [0.25, 0.3) is 5.69 Å². The normalized spacial score (nSPS) is 11.3. The largest absolute Gasteiger partial charge is 0.270 e. The Balaban J connectivity index is 2.00. The number of nitro groups is 1. The molecule has 0 aliphatic rings. The molecule has 2 aromatic heterocycles. The molecule has 0 atom stereocenters. The van der Waals surface area contributed by atoms with Crippen molar-refractivity contribution in [3.05, 3.63) is 64.5 Å². The minimum atomic E-state index is -0.407. The first-order chi connectivity index (χ1) is 12.7. The molecule has 0 bridgehead atoms. The second-order valence-electron chi connectivity index (χ2n) is 6.13. The number of aromatic nitrogens is 4. The molecule has 130 valence electrons. The maximum absolute atomic E-state index is 11.2. The number of non-ortho nitro benzene ring substituents is 1. The van der Waals surface area contributed by atoms with Crippen molar-refractivity contribution in [3.8, 4) is 11.4 Å². The van der Waals surface area contributed by atoms with Gasteiger partial charge in [0, 0.05) is 24.1 Å². The molecule has 2 aromatic carbocycles. The van der Waals surface area contributed by atoms with Crippen molar-refractivity contribution in [3.63, 3.8) is 0 Å². The molecular formula is C19H17N5O2. The molecule has 0 unspecified atom stereocenters. The Morgan fingerprint density at radius 3 is 2.65 bits per heavy atom. The van der Waals surface area contributed by atoms with Gasteiger partial charge in [0.2, 0.25) is 0 Å². The lowest BCUT2D eigenvalue weighted by Crippen LogP contribution is -2.04. The zero-order valence-corrected chi connectivity index (χ0v) is 14.3. The summed E-state index contributed by atoms with van der Waals surface area (Å²) in [6.45, 7) is 2.12. The maximum Gasteiger partial charge on any atom is 0.270 e. The van der Waals surface area contributed by atoms with E-state index in [9.17, 15) is 10.1 Å². The van der Waals surface area contributed by atoms with E-state index in [0.717, 1.165) is 30.7 Å². The fourth-order valence-electron chi connectivity index (χ4n) is 2.97. The van der Waals surface area contributed by atoms with Gasteiger partial charge in [-0.05, 0) is 12.5 Å². The van der Waals surface area contributed by atoms with Crippen molar-refractivity contribution in [2.24, 2.45) is 0 Å². The standard InChI is InChI=1S/C19H17N5O2/c1-2-3-9-17-20-16-11-10-14(24(25)26)12-15(16)19-21-18(22-23(17)19)13-7-5-4-6-8-13/h4-8,10-12H,2-3,9H2,1H3. The summed E-state index contributed by atoms with van der Waals surface area (Å²) in [7, 11) is 0. The van der Waals surface area contributed by atoms with Gasteiger partial charge in [-0.15, -0.1) is 5.10 Å². The Hall–Kier alpha value is -3.35. The molecule has 0 N–H and O–H groups in total. The number of hydrogen-bond donors (Lipinski definition) is 0. The van der Waals surface area contributed by atoms with Crippen LogP contribution < -0.4 is 0 Å². The van der Waals surface area contributed by atoms with E-state index in [1.54, 1.807) is 10.6 Å². The van der Waals surface area contributed by atoms with Crippen LogP contribution in [0.2, 0.25) is 0 Å². The third-order valence-corrected chi connectivity index (χ3v) is 4.32. The molecule has 7 nitrogen and oxygen atoms in total. The average molecular weight is 347 g/mol. The van der Waals surface area contributed by atoms with Gasteiger partial charge in [-0.25, -0.2) is 9.97 Å². The van der Waals surface area contributed by atoms with Gasteiger partial charge in [0.1, 0.15) is 5.82 Å². The summed E-state index contributed by atoms with van der Waals surface area (Å²) in [5.74, 6) is 1.40. The van der Waals surface area contributed by atoms with Crippen molar-refractivity contribution in [2.45, 2.75) is 26.2 Å². The number of fused-ring (bicyclic) bond motifs is 3. The average Bonchev–Trinajstić information content (AvgIpc) is 3.12. The minimum Gasteiger partial charge on any atom is -0.258 e. The summed E-state index contributed by atoms with van der Waals surface area (Å²) in [5, 5.41) is 16.4. The Labute approximate surface area is 149 Å². The predicted octanol–water partition coefficient (Wildman–Crippen LogP) is 4.20. The Kier molecular flexibility index (Phi) is 4.04. The van der Waals surface area contributed by atoms with E-state index in [1.165, 1.54) is 12.1 Å². The molecule has 0 aliphatic heterocycles. The van der Waals surface area contributed by atoms with E-state index in [4.69, 9.17) is 0 Å². The van der Waals surface area contributed by atoms with Gasteiger partial charge in [0.05, 0.1) is 15.8 Å². The molecule has 0 radical (unpaired) electrons. The Morgan fingerprint density at radius 2 is 1.92 bits per heavy atom. The lowest BCUT2D eigenvalue weighted by molar-refractivity contribution is -0.384. The quantitative estimate of drug-likeness (QED) is 0.399. The number of nitrogens with zero attached hydrogens (tertiary/aromatic N) is 5. The zero-order chi connectivity index (χ0) is 18.1. The van der Waals surface area contributed by atoms with Crippen LogP contribution in [0.5, 0.6) is 0 Å². The summed E-state index contributed by atoms with van der Waals surface area (Å²) < 4.78 is 1.73. The highest BCUT2D eigenvalue weighted by Crippen LogP contribution is 2.26. The van der Waals surface area contributed by atoms with Crippen molar-refractivity contribution in [2.75, 3.05) is 0 Å². The second-order valence-corrected chi connectivity index (χ2v) is 6.13. The fourth-order valence-corrected chi connectivity index (χ4v) is 2.97. The minimum absolute atomic E-state index is 0.0202. The monoisotopic (exact) mass is 347 g/mol. The molecule has 2 heterocycles. The van der Waals surface area contributed by atoms with Crippen LogP contribution in [0, 0.1) is 10.1 Å². The molecule has 0 spiro atoms. The van der Waals surface area contributed by atoms with Crippen molar-refractivity contribution in [1.29, 1.82) is 0 Å². The third kappa shape index (κ3) is 2.77. The highest BCUT2D eigenvalue weighted by Gasteiger charge is 2.16. The van der Waals surface area contributed by atoms with Crippen LogP contribution in [-0.2, 0) is 6.42 Å². The van der Waals surface area contributed by atoms with Crippen LogP contribution in [0.15, 0.2) is 48.5 Å². The van der Waals surface area contributed by atoms with Gasteiger partial charge in [0.15, 0.2) is 11.5 Å².